The van der Waals surface area contributed by atoms with E-state index in [1.807, 2.05) is 44.2 Å². The monoisotopic (exact) mass is 347 g/mol. The van der Waals surface area contributed by atoms with Gasteiger partial charge in [-0.3, -0.25) is 4.98 Å². The molecule has 0 unspecified atom stereocenters. The van der Waals surface area contributed by atoms with Crippen molar-refractivity contribution in [3.8, 4) is 11.8 Å². The Morgan fingerprint density at radius 1 is 1.23 bits per heavy atom. The number of hydrogen-bond donors (Lipinski definition) is 2. The van der Waals surface area contributed by atoms with Crippen LogP contribution in [0.25, 0.3) is 5.69 Å². The van der Waals surface area contributed by atoms with Gasteiger partial charge in [-0.25, -0.2) is 9.67 Å². The van der Waals surface area contributed by atoms with E-state index >= 15 is 0 Å². The minimum absolute atomic E-state index is 0.377. The molecule has 0 atom stereocenters. The first-order valence-electron chi connectivity index (χ1n) is 8.47. The molecule has 0 aliphatic rings. The second-order valence-corrected chi connectivity index (χ2v) is 6.04. The Morgan fingerprint density at radius 3 is 2.73 bits per heavy atom. The van der Waals surface area contributed by atoms with Crippen LogP contribution in [0, 0.1) is 25.2 Å². The minimum atomic E-state index is 0.377. The molecule has 0 saturated carbocycles. The standard InChI is InChI=1S/C19H21N7/c1-13-12-23-14(2)19(24-13)22-10-6-9-17-16(11-20)18(21)26(25-17)15-7-4-3-5-8-15/h3-5,7-8,12H,6,9-10,21H2,1-2H3,(H,22,24). The van der Waals surface area contributed by atoms with Gasteiger partial charge in [0.25, 0.3) is 0 Å². The lowest BCUT2D eigenvalue weighted by atomic mass is 10.1. The van der Waals surface area contributed by atoms with Gasteiger partial charge < -0.3 is 11.1 Å². The van der Waals surface area contributed by atoms with Crippen LogP contribution in [0.15, 0.2) is 36.5 Å². The molecule has 0 aliphatic heterocycles. The van der Waals surface area contributed by atoms with E-state index in [0.29, 0.717) is 30.0 Å². The molecule has 3 aromatic rings. The summed E-state index contributed by atoms with van der Waals surface area (Å²) >= 11 is 0. The number of hydrogen-bond acceptors (Lipinski definition) is 6. The Bertz CT molecular complexity index is 939. The number of rotatable bonds is 6. The largest absolute Gasteiger partial charge is 0.382 e. The lowest BCUT2D eigenvalue weighted by Gasteiger charge is -2.08. The smallest absolute Gasteiger partial charge is 0.147 e. The van der Waals surface area contributed by atoms with Crippen LogP contribution in [0.2, 0.25) is 0 Å². The summed E-state index contributed by atoms with van der Waals surface area (Å²) in [5, 5.41) is 17.3. The molecule has 0 radical (unpaired) electrons. The van der Waals surface area contributed by atoms with Crippen molar-refractivity contribution in [3.05, 3.63) is 59.2 Å². The quantitative estimate of drug-likeness (QED) is 0.664. The summed E-state index contributed by atoms with van der Waals surface area (Å²) in [5.74, 6) is 1.17. The molecule has 0 saturated heterocycles. The molecule has 132 valence electrons. The molecular weight excluding hydrogens is 326 g/mol. The first-order valence-corrected chi connectivity index (χ1v) is 8.47. The molecule has 7 heteroatoms. The van der Waals surface area contributed by atoms with E-state index in [1.54, 1.807) is 10.9 Å². The SMILES string of the molecule is Cc1cnc(C)c(NCCCc2nn(-c3ccccc3)c(N)c2C#N)n1. The van der Waals surface area contributed by atoms with Gasteiger partial charge in [-0.15, -0.1) is 0 Å². The van der Waals surface area contributed by atoms with Crippen LogP contribution in [0.3, 0.4) is 0 Å². The third-order valence-electron chi connectivity index (χ3n) is 4.06. The van der Waals surface area contributed by atoms with Crippen LogP contribution in [-0.2, 0) is 6.42 Å². The molecule has 3 rings (SSSR count). The van der Waals surface area contributed by atoms with Crippen LogP contribution in [0.1, 0.15) is 29.1 Å². The third-order valence-corrected chi connectivity index (χ3v) is 4.06. The molecule has 2 aromatic heterocycles. The first kappa shape index (κ1) is 17.4. The number of nitrogens with two attached hydrogens (primary N) is 1. The molecule has 0 bridgehead atoms. The predicted octanol–water partition coefficient (Wildman–Crippen LogP) is 2.78. The van der Waals surface area contributed by atoms with Crippen LogP contribution < -0.4 is 11.1 Å². The number of para-hydroxylation sites is 1. The molecule has 0 fully saturated rings. The van der Waals surface area contributed by atoms with Crippen molar-refractivity contribution in [1.82, 2.24) is 19.7 Å². The lowest BCUT2D eigenvalue weighted by Crippen LogP contribution is -2.08. The number of anilines is 2. The first-order chi connectivity index (χ1) is 12.6. The molecule has 0 amide bonds. The predicted molar refractivity (Wildman–Crippen MR) is 101 cm³/mol. The Hall–Kier alpha value is -3.40. The second kappa shape index (κ2) is 7.66. The van der Waals surface area contributed by atoms with E-state index in [0.717, 1.165) is 29.3 Å². The molecule has 26 heavy (non-hydrogen) atoms. The fourth-order valence-electron chi connectivity index (χ4n) is 2.71. The van der Waals surface area contributed by atoms with Gasteiger partial charge in [0.15, 0.2) is 0 Å². The average molecular weight is 347 g/mol. The maximum Gasteiger partial charge on any atom is 0.147 e. The molecular formula is C19H21N7. The number of aryl methyl sites for hydroxylation is 3. The van der Waals surface area contributed by atoms with E-state index in [9.17, 15) is 5.26 Å². The van der Waals surface area contributed by atoms with Crippen molar-refractivity contribution in [3.63, 3.8) is 0 Å². The summed E-state index contributed by atoms with van der Waals surface area (Å²) in [5.41, 5.74) is 9.86. The molecule has 7 nitrogen and oxygen atoms in total. The van der Waals surface area contributed by atoms with Crippen molar-refractivity contribution in [2.24, 2.45) is 0 Å². The van der Waals surface area contributed by atoms with Gasteiger partial charge in [0.1, 0.15) is 23.3 Å². The summed E-state index contributed by atoms with van der Waals surface area (Å²) in [4.78, 5) is 8.73. The summed E-state index contributed by atoms with van der Waals surface area (Å²) in [7, 11) is 0. The van der Waals surface area contributed by atoms with Crippen LogP contribution in [0.4, 0.5) is 11.6 Å². The van der Waals surface area contributed by atoms with Gasteiger partial charge in [-0.1, -0.05) is 18.2 Å². The molecule has 1 aromatic carbocycles. The number of benzene rings is 1. The third kappa shape index (κ3) is 3.64. The number of nitrogen functional groups attached to an aromatic ring is 1. The fraction of sp³-hybridized carbons (Fsp3) is 0.263. The normalized spacial score (nSPS) is 10.5. The van der Waals surface area contributed by atoms with Gasteiger partial charge in [-0.2, -0.15) is 10.4 Å². The van der Waals surface area contributed by atoms with Gasteiger partial charge in [-0.05, 0) is 38.8 Å². The maximum atomic E-state index is 9.44. The zero-order chi connectivity index (χ0) is 18.5. The van der Waals surface area contributed by atoms with Crippen molar-refractivity contribution in [2.45, 2.75) is 26.7 Å². The maximum absolute atomic E-state index is 9.44. The highest BCUT2D eigenvalue weighted by atomic mass is 15.3. The van der Waals surface area contributed by atoms with Gasteiger partial charge >= 0.3 is 0 Å². The molecule has 2 heterocycles. The van der Waals surface area contributed by atoms with Crippen molar-refractivity contribution >= 4 is 11.6 Å². The highest BCUT2D eigenvalue weighted by Gasteiger charge is 2.16. The molecule has 0 spiro atoms. The van der Waals surface area contributed by atoms with Crippen LogP contribution in [0.5, 0.6) is 0 Å². The molecule has 0 aliphatic carbocycles. The van der Waals surface area contributed by atoms with Gasteiger partial charge in [0.05, 0.1) is 22.8 Å². The highest BCUT2D eigenvalue weighted by Crippen LogP contribution is 2.21. The van der Waals surface area contributed by atoms with E-state index < -0.39 is 0 Å². The van der Waals surface area contributed by atoms with Gasteiger partial charge in [0.2, 0.25) is 0 Å². The summed E-state index contributed by atoms with van der Waals surface area (Å²) < 4.78 is 1.62. The van der Waals surface area contributed by atoms with E-state index in [1.165, 1.54) is 0 Å². The Kier molecular flexibility index (Phi) is 5.13. The van der Waals surface area contributed by atoms with Crippen molar-refractivity contribution < 1.29 is 0 Å². The average Bonchev–Trinajstić information content (AvgIpc) is 2.97. The van der Waals surface area contributed by atoms with E-state index in [2.05, 4.69) is 26.5 Å². The Balaban J connectivity index is 1.68. The summed E-state index contributed by atoms with van der Waals surface area (Å²) in [6, 6.07) is 11.8. The zero-order valence-electron chi connectivity index (χ0n) is 14.9. The summed E-state index contributed by atoms with van der Waals surface area (Å²) in [6.45, 7) is 4.54. The van der Waals surface area contributed by atoms with Gasteiger partial charge in [0, 0.05) is 12.7 Å². The Morgan fingerprint density at radius 2 is 2.00 bits per heavy atom. The number of nitrogens with zero attached hydrogens (tertiary/aromatic N) is 5. The lowest BCUT2D eigenvalue weighted by molar-refractivity contribution is 0.787. The van der Waals surface area contributed by atoms with E-state index in [-0.39, 0.29) is 0 Å². The minimum Gasteiger partial charge on any atom is -0.382 e. The van der Waals surface area contributed by atoms with E-state index in [4.69, 9.17) is 5.73 Å². The zero-order valence-corrected chi connectivity index (χ0v) is 14.9. The second-order valence-electron chi connectivity index (χ2n) is 6.04. The highest BCUT2D eigenvalue weighted by molar-refractivity contribution is 5.56. The molecule has 3 N–H and O–H groups in total. The number of aromatic nitrogens is 4. The number of nitriles is 1. The van der Waals surface area contributed by atoms with Crippen LogP contribution in [-0.4, -0.2) is 26.3 Å². The fourth-order valence-corrected chi connectivity index (χ4v) is 2.71. The van der Waals surface area contributed by atoms with Crippen molar-refractivity contribution in [2.75, 3.05) is 17.6 Å². The number of nitrogens with one attached hydrogen (secondary N) is 1. The topological polar surface area (TPSA) is 105 Å². The summed E-state index contributed by atoms with van der Waals surface area (Å²) in [6.07, 6.45) is 3.20. The van der Waals surface area contributed by atoms with Crippen molar-refractivity contribution in [1.29, 1.82) is 5.26 Å². The van der Waals surface area contributed by atoms with Crippen LogP contribution >= 0.6 is 0 Å². The Labute approximate surface area is 152 Å².